The van der Waals surface area contributed by atoms with E-state index in [9.17, 15) is 4.39 Å². The molecule has 21 heavy (non-hydrogen) atoms. The summed E-state index contributed by atoms with van der Waals surface area (Å²) >= 11 is 3.43. The second kappa shape index (κ2) is 6.16. The highest BCUT2D eigenvalue weighted by Gasteiger charge is 2.33. The van der Waals surface area contributed by atoms with Crippen molar-refractivity contribution in [3.8, 4) is 5.75 Å². The first-order valence-corrected chi connectivity index (χ1v) is 7.90. The summed E-state index contributed by atoms with van der Waals surface area (Å²) in [6.07, 6.45) is 0. The third kappa shape index (κ3) is 2.83. The molecule has 2 atom stereocenters. The van der Waals surface area contributed by atoms with Crippen LogP contribution in [0.1, 0.15) is 30.0 Å². The third-order valence-corrected chi connectivity index (χ3v) is 4.35. The number of nitrogens with one attached hydrogen (secondary N) is 1. The number of halogens is 2. The van der Waals surface area contributed by atoms with Crippen molar-refractivity contribution in [2.45, 2.75) is 18.9 Å². The number of para-hydroxylation sites is 1. The summed E-state index contributed by atoms with van der Waals surface area (Å²) in [5, 5.41) is 3.41. The summed E-state index contributed by atoms with van der Waals surface area (Å²) < 4.78 is 20.9. The molecule has 1 N–H and O–H groups in total. The number of likely N-dealkylation sites (N-methyl/N-ethyl adjacent to an activating group) is 1. The number of ether oxygens (including phenoxy) is 1. The molecule has 0 aliphatic carbocycles. The number of hydrogen-bond donors (Lipinski definition) is 1. The fraction of sp³-hybridized carbons (Fsp3) is 0.294. The SMILES string of the molecule is CCNC(c1cc(Br)ccc1F)C1COc2ccccc21. The van der Waals surface area contributed by atoms with Gasteiger partial charge in [-0.2, -0.15) is 0 Å². The molecule has 4 heteroatoms. The highest BCUT2D eigenvalue weighted by molar-refractivity contribution is 9.10. The van der Waals surface area contributed by atoms with Crippen molar-refractivity contribution < 1.29 is 9.13 Å². The van der Waals surface area contributed by atoms with Crippen LogP contribution >= 0.6 is 15.9 Å². The molecule has 2 aromatic carbocycles. The topological polar surface area (TPSA) is 21.3 Å². The van der Waals surface area contributed by atoms with Gasteiger partial charge >= 0.3 is 0 Å². The Bertz CT molecular complexity index is 646. The van der Waals surface area contributed by atoms with E-state index in [0.29, 0.717) is 12.2 Å². The summed E-state index contributed by atoms with van der Waals surface area (Å²) in [6, 6.07) is 13.0. The number of hydrogen-bond acceptors (Lipinski definition) is 2. The van der Waals surface area contributed by atoms with Crippen LogP contribution in [0.25, 0.3) is 0 Å². The van der Waals surface area contributed by atoms with Crippen LogP contribution in [0, 0.1) is 5.82 Å². The zero-order chi connectivity index (χ0) is 14.8. The van der Waals surface area contributed by atoms with Crippen molar-refractivity contribution in [2.24, 2.45) is 0 Å². The first-order valence-electron chi connectivity index (χ1n) is 7.10. The van der Waals surface area contributed by atoms with Gasteiger partial charge in [0.2, 0.25) is 0 Å². The van der Waals surface area contributed by atoms with Crippen LogP contribution in [0.4, 0.5) is 4.39 Å². The Morgan fingerprint density at radius 2 is 2.14 bits per heavy atom. The predicted octanol–water partition coefficient (Wildman–Crippen LogP) is 4.42. The van der Waals surface area contributed by atoms with Gasteiger partial charge in [-0.1, -0.05) is 41.1 Å². The van der Waals surface area contributed by atoms with Crippen LogP contribution in [-0.2, 0) is 0 Å². The van der Waals surface area contributed by atoms with Gasteiger partial charge in [0.25, 0.3) is 0 Å². The summed E-state index contributed by atoms with van der Waals surface area (Å²) in [7, 11) is 0. The van der Waals surface area contributed by atoms with E-state index in [0.717, 1.165) is 22.3 Å². The lowest BCUT2D eigenvalue weighted by Crippen LogP contribution is -2.28. The maximum atomic E-state index is 14.3. The van der Waals surface area contributed by atoms with E-state index in [4.69, 9.17) is 4.74 Å². The molecule has 2 aromatic rings. The van der Waals surface area contributed by atoms with Gasteiger partial charge < -0.3 is 10.1 Å². The van der Waals surface area contributed by atoms with Crippen molar-refractivity contribution in [3.63, 3.8) is 0 Å². The standard InChI is InChI=1S/C17H17BrFNO/c1-2-20-17(13-9-11(18)7-8-15(13)19)14-10-21-16-6-4-3-5-12(14)16/h3-9,14,17,20H,2,10H2,1H3. The van der Waals surface area contributed by atoms with E-state index in [2.05, 4.69) is 27.3 Å². The second-order valence-corrected chi connectivity index (χ2v) is 6.07. The van der Waals surface area contributed by atoms with Crippen molar-refractivity contribution in [2.75, 3.05) is 13.2 Å². The van der Waals surface area contributed by atoms with Crippen LogP contribution in [-0.4, -0.2) is 13.2 Å². The average molecular weight is 350 g/mol. The van der Waals surface area contributed by atoms with Gasteiger partial charge in [-0.3, -0.25) is 0 Å². The lowest BCUT2D eigenvalue weighted by atomic mass is 9.88. The molecule has 3 rings (SSSR count). The molecule has 2 unspecified atom stereocenters. The smallest absolute Gasteiger partial charge is 0.128 e. The van der Waals surface area contributed by atoms with Gasteiger partial charge in [-0.05, 0) is 30.8 Å². The molecule has 0 fully saturated rings. The molecule has 2 nitrogen and oxygen atoms in total. The minimum absolute atomic E-state index is 0.101. The molecule has 0 amide bonds. The Kier molecular flexibility index (Phi) is 4.27. The summed E-state index contributed by atoms with van der Waals surface area (Å²) in [5.41, 5.74) is 1.82. The van der Waals surface area contributed by atoms with Crippen LogP contribution in [0.3, 0.4) is 0 Å². The van der Waals surface area contributed by atoms with Crippen molar-refractivity contribution >= 4 is 15.9 Å². The summed E-state index contributed by atoms with van der Waals surface area (Å²) in [4.78, 5) is 0. The van der Waals surface area contributed by atoms with Crippen LogP contribution in [0.15, 0.2) is 46.9 Å². The first-order chi connectivity index (χ1) is 10.2. The fourth-order valence-electron chi connectivity index (χ4n) is 2.91. The molecule has 0 bridgehead atoms. The lowest BCUT2D eigenvalue weighted by molar-refractivity contribution is 0.298. The van der Waals surface area contributed by atoms with Gasteiger partial charge in [0.05, 0.1) is 6.61 Å². The molecule has 1 heterocycles. The van der Waals surface area contributed by atoms with Gasteiger partial charge in [0.1, 0.15) is 11.6 Å². The normalized spacial score (nSPS) is 18.1. The zero-order valence-electron chi connectivity index (χ0n) is 11.8. The van der Waals surface area contributed by atoms with E-state index in [1.807, 2.05) is 31.2 Å². The van der Waals surface area contributed by atoms with Gasteiger partial charge in [0, 0.05) is 27.6 Å². The lowest BCUT2D eigenvalue weighted by Gasteiger charge is -2.25. The molecule has 0 spiro atoms. The zero-order valence-corrected chi connectivity index (χ0v) is 13.4. The highest BCUT2D eigenvalue weighted by atomic mass is 79.9. The summed E-state index contributed by atoms with van der Waals surface area (Å²) in [5.74, 6) is 0.833. The molecule has 110 valence electrons. The van der Waals surface area contributed by atoms with Crippen LogP contribution in [0.2, 0.25) is 0 Å². The third-order valence-electron chi connectivity index (χ3n) is 3.86. The van der Waals surface area contributed by atoms with Gasteiger partial charge in [-0.15, -0.1) is 0 Å². The molecule has 0 saturated heterocycles. The monoisotopic (exact) mass is 349 g/mol. The second-order valence-electron chi connectivity index (χ2n) is 5.16. The Hall–Kier alpha value is -1.39. The van der Waals surface area contributed by atoms with Crippen molar-refractivity contribution in [1.82, 2.24) is 5.32 Å². The van der Waals surface area contributed by atoms with Crippen LogP contribution in [0.5, 0.6) is 5.75 Å². The first kappa shape index (κ1) is 14.5. The van der Waals surface area contributed by atoms with Crippen molar-refractivity contribution in [3.05, 3.63) is 63.9 Å². The Balaban J connectivity index is 2.01. The van der Waals surface area contributed by atoms with Crippen LogP contribution < -0.4 is 10.1 Å². The fourth-order valence-corrected chi connectivity index (χ4v) is 3.28. The quantitative estimate of drug-likeness (QED) is 0.882. The molecule has 0 radical (unpaired) electrons. The number of rotatable bonds is 4. The highest BCUT2D eigenvalue weighted by Crippen LogP contribution is 2.42. The minimum Gasteiger partial charge on any atom is -0.493 e. The predicted molar refractivity (Wildman–Crippen MR) is 85.2 cm³/mol. The number of benzene rings is 2. The van der Waals surface area contributed by atoms with Gasteiger partial charge in [-0.25, -0.2) is 4.39 Å². The molecule has 0 aromatic heterocycles. The summed E-state index contributed by atoms with van der Waals surface area (Å²) in [6.45, 7) is 3.38. The molecule has 1 aliphatic rings. The van der Waals surface area contributed by atoms with E-state index in [-0.39, 0.29) is 17.8 Å². The maximum Gasteiger partial charge on any atom is 0.128 e. The Morgan fingerprint density at radius 1 is 1.33 bits per heavy atom. The molecule has 1 aliphatic heterocycles. The van der Waals surface area contributed by atoms with E-state index >= 15 is 0 Å². The molecular formula is C17H17BrFNO. The molecule has 0 saturated carbocycles. The molecular weight excluding hydrogens is 333 g/mol. The van der Waals surface area contributed by atoms with E-state index in [1.54, 1.807) is 6.07 Å². The minimum atomic E-state index is -0.187. The van der Waals surface area contributed by atoms with E-state index in [1.165, 1.54) is 6.07 Å². The number of fused-ring (bicyclic) bond motifs is 1. The Labute approximate surface area is 132 Å². The van der Waals surface area contributed by atoms with E-state index < -0.39 is 0 Å². The average Bonchev–Trinajstić information content (AvgIpc) is 2.91. The maximum absolute atomic E-state index is 14.3. The van der Waals surface area contributed by atoms with Gasteiger partial charge in [0.15, 0.2) is 0 Å². The Morgan fingerprint density at radius 3 is 2.95 bits per heavy atom. The largest absolute Gasteiger partial charge is 0.493 e. The van der Waals surface area contributed by atoms with Crippen molar-refractivity contribution in [1.29, 1.82) is 0 Å².